The van der Waals surface area contributed by atoms with E-state index in [9.17, 15) is 8.42 Å². The molecule has 0 aliphatic carbocycles. The van der Waals surface area contributed by atoms with E-state index in [2.05, 4.69) is 6.92 Å². The molecule has 2 fully saturated rings. The van der Waals surface area contributed by atoms with Gasteiger partial charge >= 0.3 is 0 Å². The van der Waals surface area contributed by atoms with Gasteiger partial charge in [-0.25, -0.2) is 0 Å². The van der Waals surface area contributed by atoms with Gasteiger partial charge in [0.2, 0.25) is 0 Å². The van der Waals surface area contributed by atoms with E-state index < -0.39 is 10.2 Å². The molecule has 2 heterocycles. The lowest BCUT2D eigenvalue weighted by Gasteiger charge is -2.41. The van der Waals surface area contributed by atoms with E-state index in [4.69, 9.17) is 10.5 Å². The zero-order chi connectivity index (χ0) is 13.9. The summed E-state index contributed by atoms with van der Waals surface area (Å²) in [5.74, 6) is 0.602. The molecule has 2 atom stereocenters. The Balaban J connectivity index is 2.10. The van der Waals surface area contributed by atoms with E-state index in [0.717, 1.165) is 19.3 Å². The molecule has 0 aromatic rings. The van der Waals surface area contributed by atoms with Gasteiger partial charge in [0.25, 0.3) is 10.2 Å². The molecule has 2 unspecified atom stereocenters. The Bertz CT molecular complexity index is 382. The minimum absolute atomic E-state index is 0.0495. The second-order valence-electron chi connectivity index (χ2n) is 5.32. The first-order valence-electron chi connectivity index (χ1n) is 7.14. The maximum absolute atomic E-state index is 12.6. The first-order chi connectivity index (χ1) is 9.09. The van der Waals surface area contributed by atoms with Crippen LogP contribution in [0.3, 0.4) is 0 Å². The van der Waals surface area contributed by atoms with Gasteiger partial charge < -0.3 is 10.5 Å². The first kappa shape index (κ1) is 15.2. The predicted molar refractivity (Wildman–Crippen MR) is 73.9 cm³/mol. The highest BCUT2D eigenvalue weighted by atomic mass is 32.2. The van der Waals surface area contributed by atoms with Crippen molar-refractivity contribution >= 4 is 10.2 Å². The summed E-state index contributed by atoms with van der Waals surface area (Å²) in [7, 11) is -3.37. The summed E-state index contributed by atoms with van der Waals surface area (Å²) in [5.41, 5.74) is 5.79. The fourth-order valence-corrected chi connectivity index (χ4v) is 4.72. The average molecular weight is 291 g/mol. The minimum atomic E-state index is -3.37. The Kier molecular flexibility index (Phi) is 5.19. The zero-order valence-corrected chi connectivity index (χ0v) is 12.4. The molecule has 7 heteroatoms. The van der Waals surface area contributed by atoms with Crippen molar-refractivity contribution in [3.05, 3.63) is 0 Å². The Morgan fingerprint density at radius 3 is 2.53 bits per heavy atom. The standard InChI is InChI=1S/C12H25N3O3S/c1-2-11-3-4-15(12(9-11)10-13)19(16,17)14-5-7-18-8-6-14/h11-12H,2-10,13H2,1H3. The van der Waals surface area contributed by atoms with Crippen LogP contribution in [0.1, 0.15) is 26.2 Å². The lowest BCUT2D eigenvalue weighted by atomic mass is 9.90. The molecule has 0 aromatic carbocycles. The quantitative estimate of drug-likeness (QED) is 0.792. The van der Waals surface area contributed by atoms with Crippen LogP contribution in [0.2, 0.25) is 0 Å². The number of piperidine rings is 1. The maximum Gasteiger partial charge on any atom is 0.282 e. The molecule has 2 aliphatic rings. The van der Waals surface area contributed by atoms with Crippen molar-refractivity contribution in [2.45, 2.75) is 32.2 Å². The molecule has 0 radical (unpaired) electrons. The fraction of sp³-hybridized carbons (Fsp3) is 1.00. The van der Waals surface area contributed by atoms with Gasteiger partial charge in [-0.05, 0) is 18.8 Å². The summed E-state index contributed by atoms with van der Waals surface area (Å²) in [6.45, 7) is 5.03. The van der Waals surface area contributed by atoms with E-state index in [-0.39, 0.29) is 6.04 Å². The second kappa shape index (κ2) is 6.49. The van der Waals surface area contributed by atoms with E-state index in [1.165, 1.54) is 4.31 Å². The van der Waals surface area contributed by atoms with E-state index >= 15 is 0 Å². The van der Waals surface area contributed by atoms with Crippen LogP contribution in [-0.4, -0.2) is 62.5 Å². The van der Waals surface area contributed by atoms with E-state index in [0.29, 0.717) is 45.3 Å². The largest absolute Gasteiger partial charge is 0.379 e. The fourth-order valence-electron chi connectivity index (χ4n) is 2.93. The molecular formula is C12H25N3O3S. The molecule has 0 aromatic heterocycles. The summed E-state index contributed by atoms with van der Waals surface area (Å²) in [6, 6.07) is -0.0495. The number of nitrogens with zero attached hydrogens (tertiary/aromatic N) is 2. The van der Waals surface area contributed by atoms with Gasteiger partial charge in [-0.15, -0.1) is 0 Å². The third-order valence-electron chi connectivity index (χ3n) is 4.21. The van der Waals surface area contributed by atoms with Crippen molar-refractivity contribution < 1.29 is 13.2 Å². The van der Waals surface area contributed by atoms with Crippen LogP contribution in [0.25, 0.3) is 0 Å². The van der Waals surface area contributed by atoms with E-state index in [1.807, 2.05) is 0 Å². The third kappa shape index (κ3) is 3.28. The number of morpholine rings is 1. The van der Waals surface area contributed by atoms with Crippen LogP contribution in [0.5, 0.6) is 0 Å². The van der Waals surface area contributed by atoms with Crippen LogP contribution in [0.4, 0.5) is 0 Å². The summed E-state index contributed by atoms with van der Waals surface area (Å²) in [6.07, 6.45) is 2.93. The predicted octanol–water partition coefficient (Wildman–Crippen LogP) is 0.0127. The Labute approximate surface area is 116 Å². The van der Waals surface area contributed by atoms with Gasteiger partial charge in [-0.1, -0.05) is 13.3 Å². The Hall–Kier alpha value is -0.210. The number of hydrogen-bond donors (Lipinski definition) is 1. The molecule has 0 spiro atoms. The molecule has 2 aliphatic heterocycles. The van der Waals surface area contributed by atoms with Crippen molar-refractivity contribution in [2.24, 2.45) is 11.7 Å². The van der Waals surface area contributed by atoms with Crippen LogP contribution in [0.15, 0.2) is 0 Å². The zero-order valence-electron chi connectivity index (χ0n) is 11.6. The maximum atomic E-state index is 12.6. The lowest BCUT2D eigenvalue weighted by Crippen LogP contribution is -2.56. The molecular weight excluding hydrogens is 266 g/mol. The van der Waals surface area contributed by atoms with Gasteiger partial charge in [0, 0.05) is 32.2 Å². The molecule has 0 saturated carbocycles. The Morgan fingerprint density at radius 2 is 1.95 bits per heavy atom. The summed E-state index contributed by atoms with van der Waals surface area (Å²) >= 11 is 0. The minimum Gasteiger partial charge on any atom is -0.379 e. The topological polar surface area (TPSA) is 75.9 Å². The van der Waals surface area contributed by atoms with Crippen molar-refractivity contribution in [1.82, 2.24) is 8.61 Å². The van der Waals surface area contributed by atoms with Crippen LogP contribution in [-0.2, 0) is 14.9 Å². The molecule has 6 nitrogen and oxygen atoms in total. The SMILES string of the molecule is CCC1CCN(S(=O)(=O)N2CCOCC2)C(CN)C1. The summed E-state index contributed by atoms with van der Waals surface area (Å²) in [4.78, 5) is 0. The molecule has 2 rings (SSSR count). The average Bonchev–Trinajstić information content (AvgIpc) is 2.47. The highest BCUT2D eigenvalue weighted by molar-refractivity contribution is 7.86. The van der Waals surface area contributed by atoms with Crippen molar-refractivity contribution in [1.29, 1.82) is 0 Å². The normalized spacial score (nSPS) is 31.5. The molecule has 112 valence electrons. The van der Waals surface area contributed by atoms with Gasteiger partial charge in [0.05, 0.1) is 13.2 Å². The summed E-state index contributed by atoms with van der Waals surface area (Å²) < 4.78 is 33.7. The van der Waals surface area contributed by atoms with E-state index in [1.54, 1.807) is 4.31 Å². The van der Waals surface area contributed by atoms with Crippen LogP contribution < -0.4 is 5.73 Å². The van der Waals surface area contributed by atoms with Crippen LogP contribution >= 0.6 is 0 Å². The lowest BCUT2D eigenvalue weighted by molar-refractivity contribution is 0.0673. The van der Waals surface area contributed by atoms with Gasteiger partial charge in [0.1, 0.15) is 0 Å². The first-order valence-corrected chi connectivity index (χ1v) is 8.54. The molecule has 19 heavy (non-hydrogen) atoms. The molecule has 2 N–H and O–H groups in total. The monoisotopic (exact) mass is 291 g/mol. The van der Waals surface area contributed by atoms with Crippen molar-refractivity contribution in [2.75, 3.05) is 39.4 Å². The molecule has 0 bridgehead atoms. The Morgan fingerprint density at radius 1 is 1.26 bits per heavy atom. The van der Waals surface area contributed by atoms with Gasteiger partial charge in [0.15, 0.2) is 0 Å². The van der Waals surface area contributed by atoms with Crippen molar-refractivity contribution in [3.8, 4) is 0 Å². The third-order valence-corrected chi connectivity index (χ3v) is 6.30. The van der Waals surface area contributed by atoms with Crippen molar-refractivity contribution in [3.63, 3.8) is 0 Å². The summed E-state index contributed by atoms with van der Waals surface area (Å²) in [5, 5.41) is 0. The highest BCUT2D eigenvalue weighted by Crippen LogP contribution is 2.28. The van der Waals surface area contributed by atoms with Gasteiger partial charge in [-0.2, -0.15) is 17.0 Å². The molecule has 2 saturated heterocycles. The number of ether oxygens (including phenoxy) is 1. The number of hydrogen-bond acceptors (Lipinski definition) is 4. The number of rotatable bonds is 4. The highest BCUT2D eigenvalue weighted by Gasteiger charge is 2.38. The van der Waals surface area contributed by atoms with Gasteiger partial charge in [-0.3, -0.25) is 0 Å². The number of nitrogens with two attached hydrogens (primary N) is 1. The smallest absolute Gasteiger partial charge is 0.282 e. The van der Waals surface area contributed by atoms with Crippen LogP contribution in [0, 0.1) is 5.92 Å². The molecule has 0 amide bonds. The second-order valence-corrected chi connectivity index (χ2v) is 7.20.